The molecule has 7 nitrogen and oxygen atoms in total. The molecule has 2 atom stereocenters. The lowest BCUT2D eigenvalue weighted by Crippen LogP contribution is -2.47. The zero-order valence-electron chi connectivity index (χ0n) is 26.8. The molecular formula is C34H38ClF6N5O2. The molecule has 2 N–H and O–H groups in total. The van der Waals surface area contributed by atoms with E-state index in [-0.39, 0.29) is 30.6 Å². The largest absolute Gasteiger partial charge is 0.416 e. The SMILES string of the molecule is CNC(=O)N[C@H](C)c1ccccc1N1CCN(CCC(CN(C)C(=O)c2cc(C(F)(F)F)cc(C(F)(F)F)c2)c2ccc(Cl)cc2)CC1. The molecule has 0 aliphatic carbocycles. The van der Waals surface area contributed by atoms with Crippen LogP contribution in [0.4, 0.5) is 36.8 Å². The Hall–Kier alpha value is -3.97. The number of amides is 3. The number of anilines is 1. The van der Waals surface area contributed by atoms with Gasteiger partial charge in [0.05, 0.1) is 17.2 Å². The lowest BCUT2D eigenvalue weighted by Gasteiger charge is -2.38. The number of alkyl halides is 6. The van der Waals surface area contributed by atoms with Gasteiger partial charge >= 0.3 is 18.4 Å². The summed E-state index contributed by atoms with van der Waals surface area (Å²) in [4.78, 5) is 30.9. The van der Waals surface area contributed by atoms with Gasteiger partial charge in [0.15, 0.2) is 0 Å². The molecule has 14 heteroatoms. The van der Waals surface area contributed by atoms with Gasteiger partial charge in [0, 0.05) is 69.0 Å². The lowest BCUT2D eigenvalue weighted by molar-refractivity contribution is -0.143. The highest BCUT2D eigenvalue weighted by molar-refractivity contribution is 6.30. The summed E-state index contributed by atoms with van der Waals surface area (Å²) in [5.41, 5.74) is -0.906. The topological polar surface area (TPSA) is 67.9 Å². The predicted octanol–water partition coefficient (Wildman–Crippen LogP) is 7.44. The maximum absolute atomic E-state index is 13.4. The van der Waals surface area contributed by atoms with Crippen LogP contribution in [-0.4, -0.2) is 75.1 Å². The molecule has 1 unspecified atom stereocenters. The third-order valence-corrected chi connectivity index (χ3v) is 8.75. The van der Waals surface area contributed by atoms with Crippen molar-refractivity contribution >= 4 is 29.2 Å². The van der Waals surface area contributed by atoms with E-state index in [2.05, 4.69) is 20.4 Å². The van der Waals surface area contributed by atoms with Gasteiger partial charge in [0.2, 0.25) is 0 Å². The van der Waals surface area contributed by atoms with Crippen LogP contribution in [0.3, 0.4) is 0 Å². The average molecular weight is 698 g/mol. The van der Waals surface area contributed by atoms with Crippen LogP contribution in [-0.2, 0) is 12.4 Å². The molecule has 1 saturated heterocycles. The molecule has 1 aliphatic rings. The number of para-hydroxylation sites is 1. The standard InChI is InChI=1S/C34H38ClF6N5O2/c1-22(43-32(48)42-2)29-6-4-5-7-30(29)46-16-14-45(15-17-46)13-12-24(23-8-10-28(35)11-9-23)21-44(3)31(47)25-18-26(33(36,37)38)20-27(19-25)34(39,40)41/h4-11,18-20,22,24H,12-17,21H2,1-3H3,(H2,42,43,48)/t22-,24?/m1/s1. The highest BCUT2D eigenvalue weighted by atomic mass is 35.5. The van der Waals surface area contributed by atoms with E-state index < -0.39 is 35.0 Å². The fourth-order valence-corrected chi connectivity index (χ4v) is 5.98. The highest BCUT2D eigenvalue weighted by Gasteiger charge is 2.38. The Morgan fingerprint density at radius 2 is 1.48 bits per heavy atom. The molecule has 0 bridgehead atoms. The summed E-state index contributed by atoms with van der Waals surface area (Å²) in [6.07, 6.45) is -9.56. The molecule has 1 aliphatic heterocycles. The number of nitrogens with one attached hydrogen (secondary N) is 2. The van der Waals surface area contributed by atoms with Gasteiger partial charge in [0.25, 0.3) is 5.91 Å². The Morgan fingerprint density at radius 3 is 2.04 bits per heavy atom. The zero-order valence-corrected chi connectivity index (χ0v) is 27.5. The number of piperazine rings is 1. The maximum atomic E-state index is 13.4. The van der Waals surface area contributed by atoms with Gasteiger partial charge in [-0.3, -0.25) is 9.69 Å². The first kappa shape index (κ1) is 36.9. The van der Waals surface area contributed by atoms with Crippen LogP contribution in [0.25, 0.3) is 0 Å². The van der Waals surface area contributed by atoms with Crippen molar-refractivity contribution in [2.24, 2.45) is 0 Å². The molecule has 4 rings (SSSR count). The smallest absolute Gasteiger partial charge is 0.369 e. The number of urea groups is 1. The number of nitrogens with zero attached hydrogens (tertiary/aromatic N) is 3. The molecule has 1 fully saturated rings. The number of carbonyl (C=O) groups is 2. The number of hydrogen-bond donors (Lipinski definition) is 2. The van der Waals surface area contributed by atoms with Crippen molar-refractivity contribution in [3.8, 4) is 0 Å². The summed E-state index contributed by atoms with van der Waals surface area (Å²) in [5, 5.41) is 5.99. The number of rotatable bonds is 10. The van der Waals surface area contributed by atoms with E-state index in [1.165, 1.54) is 7.05 Å². The van der Waals surface area contributed by atoms with Gasteiger partial charge in [-0.2, -0.15) is 26.3 Å². The molecule has 3 aromatic carbocycles. The Labute approximate surface area is 280 Å². The van der Waals surface area contributed by atoms with Crippen molar-refractivity contribution in [2.45, 2.75) is 37.7 Å². The second kappa shape index (κ2) is 15.5. The maximum Gasteiger partial charge on any atom is 0.416 e. The van der Waals surface area contributed by atoms with Crippen molar-refractivity contribution in [1.29, 1.82) is 0 Å². The van der Waals surface area contributed by atoms with E-state index in [1.54, 1.807) is 31.3 Å². The van der Waals surface area contributed by atoms with Crippen LogP contribution in [0, 0.1) is 0 Å². The first-order valence-corrected chi connectivity index (χ1v) is 15.8. The van der Waals surface area contributed by atoms with E-state index in [0.29, 0.717) is 30.1 Å². The van der Waals surface area contributed by atoms with E-state index in [0.717, 1.165) is 47.9 Å². The van der Waals surface area contributed by atoms with Crippen molar-refractivity contribution in [2.75, 3.05) is 58.3 Å². The summed E-state index contributed by atoms with van der Waals surface area (Å²) < 4.78 is 80.7. The summed E-state index contributed by atoms with van der Waals surface area (Å²) >= 11 is 6.10. The van der Waals surface area contributed by atoms with Crippen LogP contribution < -0.4 is 15.5 Å². The number of carbonyl (C=O) groups excluding carboxylic acids is 2. The number of halogens is 7. The highest BCUT2D eigenvalue weighted by Crippen LogP contribution is 2.37. The Balaban J connectivity index is 1.46. The fraction of sp³-hybridized carbons (Fsp3) is 0.412. The van der Waals surface area contributed by atoms with Gasteiger partial charge in [-0.15, -0.1) is 0 Å². The summed E-state index contributed by atoms with van der Waals surface area (Å²) in [5.74, 6) is -1.22. The Kier molecular flexibility index (Phi) is 11.9. The lowest BCUT2D eigenvalue weighted by atomic mass is 9.94. The van der Waals surface area contributed by atoms with Gasteiger partial charge in [-0.1, -0.05) is 41.9 Å². The van der Waals surface area contributed by atoms with Crippen molar-refractivity contribution < 1.29 is 35.9 Å². The molecule has 48 heavy (non-hydrogen) atoms. The molecule has 0 spiro atoms. The van der Waals surface area contributed by atoms with Gasteiger partial charge < -0.3 is 20.4 Å². The minimum Gasteiger partial charge on any atom is -0.369 e. The normalized spacial score (nSPS) is 15.5. The molecule has 3 amide bonds. The van der Waals surface area contributed by atoms with Gasteiger partial charge in [-0.25, -0.2) is 4.79 Å². The van der Waals surface area contributed by atoms with Gasteiger partial charge in [-0.05, 0) is 67.4 Å². The first-order chi connectivity index (χ1) is 22.6. The van der Waals surface area contributed by atoms with Gasteiger partial charge in [0.1, 0.15) is 0 Å². The summed E-state index contributed by atoms with van der Waals surface area (Å²) in [6.45, 7) is 5.54. The minimum atomic E-state index is -5.06. The predicted molar refractivity (Wildman–Crippen MR) is 173 cm³/mol. The molecule has 0 aromatic heterocycles. The molecular weight excluding hydrogens is 660 g/mol. The van der Waals surface area contributed by atoms with Crippen LogP contribution in [0.2, 0.25) is 5.02 Å². The molecule has 260 valence electrons. The average Bonchev–Trinajstić information content (AvgIpc) is 3.05. The molecule has 3 aromatic rings. The van der Waals surface area contributed by atoms with E-state index >= 15 is 0 Å². The van der Waals surface area contributed by atoms with E-state index in [9.17, 15) is 35.9 Å². The molecule has 0 radical (unpaired) electrons. The number of benzene rings is 3. The third-order valence-electron chi connectivity index (χ3n) is 8.50. The van der Waals surface area contributed by atoms with E-state index in [1.807, 2.05) is 31.2 Å². The second-order valence-electron chi connectivity index (χ2n) is 11.9. The third kappa shape index (κ3) is 9.56. The fourth-order valence-electron chi connectivity index (χ4n) is 5.85. The van der Waals surface area contributed by atoms with Crippen LogP contribution in [0.15, 0.2) is 66.7 Å². The van der Waals surface area contributed by atoms with E-state index in [4.69, 9.17) is 11.6 Å². The first-order valence-electron chi connectivity index (χ1n) is 15.4. The Bertz CT molecular complexity index is 1530. The molecule has 1 heterocycles. The van der Waals surface area contributed by atoms with Crippen LogP contribution in [0.5, 0.6) is 0 Å². The van der Waals surface area contributed by atoms with Crippen molar-refractivity contribution in [3.05, 3.63) is 99.6 Å². The van der Waals surface area contributed by atoms with Crippen molar-refractivity contribution in [3.63, 3.8) is 0 Å². The number of likely N-dealkylation sites (N-methyl/N-ethyl adjacent to an activating group) is 1. The second-order valence-corrected chi connectivity index (χ2v) is 12.3. The zero-order chi connectivity index (χ0) is 35.2. The van der Waals surface area contributed by atoms with Crippen molar-refractivity contribution in [1.82, 2.24) is 20.4 Å². The van der Waals surface area contributed by atoms with Crippen LogP contribution >= 0.6 is 11.6 Å². The minimum absolute atomic E-state index is 0.00793. The summed E-state index contributed by atoms with van der Waals surface area (Å²) in [6, 6.07) is 15.3. The quantitative estimate of drug-likeness (QED) is 0.216. The Morgan fingerprint density at radius 1 is 0.896 bits per heavy atom. The summed E-state index contributed by atoms with van der Waals surface area (Å²) in [7, 11) is 2.93. The van der Waals surface area contributed by atoms with Crippen LogP contribution in [0.1, 0.15) is 57.9 Å². The molecule has 0 saturated carbocycles. The monoisotopic (exact) mass is 697 g/mol. The number of hydrogen-bond acceptors (Lipinski definition) is 4.